The van der Waals surface area contributed by atoms with Crippen molar-refractivity contribution < 1.29 is 28.5 Å². The third kappa shape index (κ3) is 6.29. The minimum Gasteiger partial charge on any atom is -0.507 e. The number of epoxide rings is 1. The zero-order valence-electron chi connectivity index (χ0n) is 31.8. The van der Waals surface area contributed by atoms with Gasteiger partial charge < -0.3 is 55.4 Å². The van der Waals surface area contributed by atoms with E-state index in [9.17, 15) is 14.7 Å². The summed E-state index contributed by atoms with van der Waals surface area (Å²) in [6.45, 7) is 4.37. The Hall–Kier alpha value is -4.86. The van der Waals surface area contributed by atoms with Crippen molar-refractivity contribution in [1.29, 1.82) is 0 Å². The number of nitrogens with two attached hydrogens (primary N) is 2. The summed E-state index contributed by atoms with van der Waals surface area (Å²) >= 11 is 0. The maximum absolute atomic E-state index is 14.3. The van der Waals surface area contributed by atoms with Crippen LogP contribution in [0.15, 0.2) is 92.6 Å². The van der Waals surface area contributed by atoms with Crippen LogP contribution in [0.4, 0.5) is 0 Å². The van der Waals surface area contributed by atoms with Gasteiger partial charge in [0, 0.05) is 77.6 Å². The Labute approximate surface area is 336 Å². The van der Waals surface area contributed by atoms with Gasteiger partial charge in [-0.1, -0.05) is 33.7 Å². The van der Waals surface area contributed by atoms with E-state index in [0.717, 1.165) is 27.6 Å². The van der Waals surface area contributed by atoms with Gasteiger partial charge in [0.05, 0.1) is 29.5 Å². The maximum Gasteiger partial charge on any atom is 0.341 e. The molecule has 298 valence electrons. The van der Waals surface area contributed by atoms with Crippen LogP contribution >= 0.6 is 21.6 Å². The number of rotatable bonds is 2. The lowest BCUT2D eigenvalue weighted by Crippen LogP contribution is -2.55. The Morgan fingerprint density at radius 3 is 2.82 bits per heavy atom. The van der Waals surface area contributed by atoms with Crippen molar-refractivity contribution in [3.05, 3.63) is 105 Å². The number of aryl methyl sites for hydroxylation is 1. The van der Waals surface area contributed by atoms with Gasteiger partial charge in [-0.05, 0) is 69.2 Å². The van der Waals surface area contributed by atoms with Gasteiger partial charge in [-0.3, -0.25) is 4.79 Å². The van der Waals surface area contributed by atoms with Crippen molar-refractivity contribution in [3.8, 4) is 11.5 Å². The first-order valence-electron chi connectivity index (χ1n) is 19.7. The number of fused-ring (bicyclic) bond motifs is 8. The number of H-pyrrole nitrogens is 1. The summed E-state index contributed by atoms with van der Waals surface area (Å²) in [4.78, 5) is 30.7. The highest BCUT2D eigenvalue weighted by atomic mass is 33.1. The predicted octanol–water partition coefficient (Wildman–Crippen LogP) is 5.59. The molecule has 6 aliphatic heterocycles. The molecule has 57 heavy (non-hydrogen) atoms. The second-order valence-electron chi connectivity index (χ2n) is 16.4. The van der Waals surface area contributed by atoms with E-state index in [1.54, 1.807) is 34.6 Å². The zero-order valence-corrected chi connectivity index (χ0v) is 33.4. The average molecular weight is 811 g/mol. The fraction of sp³-hybridized carbons (Fsp3) is 0.429. The topological polar surface area (TPSA) is 195 Å². The van der Waals surface area contributed by atoms with Crippen LogP contribution in [0.1, 0.15) is 62.7 Å². The van der Waals surface area contributed by atoms with Crippen LogP contribution in [0.25, 0.3) is 21.9 Å². The molecule has 1 aromatic carbocycles. The van der Waals surface area contributed by atoms with Crippen LogP contribution in [0.5, 0.6) is 11.5 Å². The van der Waals surface area contributed by atoms with E-state index in [0.29, 0.717) is 85.3 Å². The van der Waals surface area contributed by atoms with E-state index in [2.05, 4.69) is 50.8 Å². The molecule has 2 saturated heterocycles. The molecule has 0 radical (unpaired) electrons. The van der Waals surface area contributed by atoms with Crippen LogP contribution in [-0.2, 0) is 20.8 Å². The van der Waals surface area contributed by atoms with Gasteiger partial charge in [0.1, 0.15) is 45.8 Å². The van der Waals surface area contributed by atoms with E-state index >= 15 is 0 Å². The molecular formula is C42H46N6O7S2. The van der Waals surface area contributed by atoms with Gasteiger partial charge in [-0.2, -0.15) is 0 Å². The maximum atomic E-state index is 14.3. The summed E-state index contributed by atoms with van der Waals surface area (Å²) < 4.78 is 27.7. The summed E-state index contributed by atoms with van der Waals surface area (Å²) in [5.74, 6) is 2.41. The first-order chi connectivity index (χ1) is 27.5. The number of phenolic OH excluding ortho intramolecular Hbond substituents is 1. The summed E-state index contributed by atoms with van der Waals surface area (Å²) in [5.41, 5.74) is 16.1. The Kier molecular flexibility index (Phi) is 8.72. The van der Waals surface area contributed by atoms with E-state index < -0.39 is 29.2 Å². The van der Waals surface area contributed by atoms with Crippen molar-refractivity contribution in [2.75, 3.05) is 11.5 Å². The fourth-order valence-electron chi connectivity index (χ4n) is 9.69. The number of dihydropyridines is 2. The highest BCUT2D eigenvalue weighted by Crippen LogP contribution is 2.55. The van der Waals surface area contributed by atoms with Crippen LogP contribution in [0.2, 0.25) is 0 Å². The Morgan fingerprint density at radius 1 is 1.09 bits per heavy atom. The van der Waals surface area contributed by atoms with Gasteiger partial charge in [0.25, 0.3) is 0 Å². The molecule has 9 heterocycles. The molecule has 4 aromatic rings. The number of phenols is 1. The highest BCUT2D eigenvalue weighted by molar-refractivity contribution is 8.76. The number of carbonyl (C=O) groups is 1. The molecule has 6 aliphatic rings. The molecule has 0 aliphatic carbocycles. The zero-order chi connectivity index (χ0) is 39.2. The molecule has 3 aromatic heterocycles. The first-order valence-corrected chi connectivity index (χ1v) is 22.1. The van der Waals surface area contributed by atoms with E-state index in [-0.39, 0.29) is 40.3 Å². The van der Waals surface area contributed by atoms with E-state index in [1.165, 1.54) is 6.07 Å². The third-order valence-electron chi connectivity index (χ3n) is 12.5. The number of hydrogen-bond acceptors (Lipinski definition) is 13. The smallest absolute Gasteiger partial charge is 0.341 e. The van der Waals surface area contributed by atoms with Crippen molar-refractivity contribution in [2.45, 2.75) is 100 Å². The standard InChI is InChI=1S/C42H46N6O7S2/c1-21-12-30(49)36-31(52-21)16-32-35(37(36)50)25-4-3-8-42-33(55-42)6-5-22-13-28(47-34(43)14-22)26-15-24(18-48-17-23-7-10-45-29(23)19-48)46-39(44)27(26)20-57-56-11-9-41(2,54-32)38(25)53-40(42)51/h7,10,12-17,19,24-25,28,33,38,45-47,50H,3-6,8-9,11,18,20,43-44H2,1-2H3/t24?,25-,28?,33-,38-,41+,42+/m1/s1. The van der Waals surface area contributed by atoms with Crippen molar-refractivity contribution in [1.82, 2.24) is 20.2 Å². The molecule has 1 spiro atoms. The largest absolute Gasteiger partial charge is 0.507 e. The second-order valence-corrected chi connectivity index (χ2v) is 19.0. The molecule has 2 fully saturated rings. The lowest BCUT2D eigenvalue weighted by Gasteiger charge is -2.47. The SMILES string of the molecule is Cc1cc(=O)c2c(O)c3c(cc2o1)O[C@@]1(C)CCSSCC2=C(N)NC(Cn4cc5cc[nH]c5c4)C=C2C2C=C(C=C(N)N2)CC[C@H]2O[C@@]24CCC[C@H]3[C@H]1OC4=O. The van der Waals surface area contributed by atoms with Crippen LogP contribution in [-0.4, -0.2) is 67.6 Å². The van der Waals surface area contributed by atoms with Gasteiger partial charge in [0.15, 0.2) is 11.0 Å². The molecule has 13 nitrogen and oxygen atoms in total. The van der Waals surface area contributed by atoms with Crippen molar-refractivity contribution in [3.63, 3.8) is 0 Å². The molecule has 0 amide bonds. The highest BCUT2D eigenvalue weighted by Gasteiger charge is 2.65. The molecular weight excluding hydrogens is 765 g/mol. The molecule has 7 atom stereocenters. The Balaban J connectivity index is 0.987. The number of ether oxygens (including phenoxy) is 3. The number of carbonyl (C=O) groups excluding carboxylic acids is 1. The number of benzene rings is 1. The number of nitrogens with one attached hydrogen (secondary N) is 3. The van der Waals surface area contributed by atoms with E-state index in [1.807, 2.05) is 19.2 Å². The number of aromatic amines is 1. The van der Waals surface area contributed by atoms with E-state index in [4.69, 9.17) is 30.1 Å². The molecule has 15 heteroatoms. The Bertz CT molecular complexity index is 2490. The quantitative estimate of drug-likeness (QED) is 0.0834. The normalized spacial score (nSPS) is 31.4. The van der Waals surface area contributed by atoms with Crippen LogP contribution in [0, 0.1) is 6.92 Å². The predicted molar refractivity (Wildman–Crippen MR) is 221 cm³/mol. The van der Waals surface area contributed by atoms with Gasteiger partial charge >= 0.3 is 5.97 Å². The summed E-state index contributed by atoms with van der Waals surface area (Å²) in [7, 11) is 3.40. The summed E-state index contributed by atoms with van der Waals surface area (Å²) in [5, 5.41) is 20.0. The summed E-state index contributed by atoms with van der Waals surface area (Å²) in [6.07, 6.45) is 15.2. The molecule has 8 N–H and O–H groups in total. The van der Waals surface area contributed by atoms with Gasteiger partial charge in [0.2, 0.25) is 0 Å². The van der Waals surface area contributed by atoms with Gasteiger partial charge in [-0.15, -0.1) is 0 Å². The molecule has 2 unspecified atom stereocenters. The number of aromatic nitrogens is 2. The monoisotopic (exact) mass is 810 g/mol. The number of aromatic hydroxyl groups is 1. The van der Waals surface area contributed by atoms with Crippen LogP contribution < -0.4 is 32.3 Å². The number of nitrogens with zero attached hydrogens (tertiary/aromatic N) is 1. The lowest BCUT2D eigenvalue weighted by molar-refractivity contribution is -0.175. The van der Waals surface area contributed by atoms with Gasteiger partial charge in [-0.25, -0.2) is 4.79 Å². The first kappa shape index (κ1) is 36.5. The third-order valence-corrected chi connectivity index (χ3v) is 14.8. The Morgan fingerprint density at radius 2 is 1.96 bits per heavy atom. The molecule has 0 saturated carbocycles. The van der Waals surface area contributed by atoms with Crippen LogP contribution in [0.3, 0.4) is 0 Å². The fourth-order valence-corrected chi connectivity index (χ4v) is 12.0. The average Bonchev–Trinajstić information content (AvgIpc) is 3.47. The summed E-state index contributed by atoms with van der Waals surface area (Å²) in [6, 6.07) is 4.90. The molecule has 4 bridgehead atoms. The van der Waals surface area contributed by atoms with Crippen molar-refractivity contribution in [2.24, 2.45) is 11.5 Å². The lowest BCUT2D eigenvalue weighted by atomic mass is 9.74. The second kappa shape index (κ2) is 13.6. The number of hydrogen-bond donors (Lipinski definition) is 6. The molecule has 10 rings (SSSR count). The number of allylic oxidation sites excluding steroid dienone is 2. The minimum absolute atomic E-state index is 0.0526. The minimum atomic E-state index is -1.05. The number of esters is 1. The van der Waals surface area contributed by atoms with Crippen molar-refractivity contribution >= 4 is 49.4 Å².